The number of nitrogens with one attached hydrogen (secondary N) is 1. The summed E-state index contributed by atoms with van der Waals surface area (Å²) in [6, 6.07) is 13.5. The van der Waals surface area contributed by atoms with Crippen LogP contribution in [0.3, 0.4) is 0 Å². The van der Waals surface area contributed by atoms with Crippen LogP contribution in [0.25, 0.3) is 0 Å². The van der Waals surface area contributed by atoms with Crippen LogP contribution in [0.2, 0.25) is 0 Å². The molecule has 2 aromatic carbocycles. The minimum Gasteiger partial charge on any atom is -0.368 e. The van der Waals surface area contributed by atoms with Crippen molar-refractivity contribution in [2.75, 3.05) is 37.6 Å². The number of amides is 2. The molecule has 3 rings (SSSR count). The lowest BCUT2D eigenvalue weighted by atomic mass is 10.1. The van der Waals surface area contributed by atoms with Gasteiger partial charge in [0.1, 0.15) is 5.82 Å². The van der Waals surface area contributed by atoms with Gasteiger partial charge in [-0.3, -0.25) is 9.59 Å². The Bertz CT molecular complexity index is 800. The summed E-state index contributed by atoms with van der Waals surface area (Å²) < 4.78 is 13.0. The first-order chi connectivity index (χ1) is 13.6. The highest BCUT2D eigenvalue weighted by molar-refractivity contribution is 5.94. The molecule has 1 saturated heterocycles. The van der Waals surface area contributed by atoms with E-state index in [0.29, 0.717) is 44.8 Å². The topological polar surface area (TPSA) is 78.7 Å². The fourth-order valence-corrected chi connectivity index (χ4v) is 3.20. The van der Waals surface area contributed by atoms with E-state index in [1.807, 2.05) is 17.0 Å². The zero-order chi connectivity index (χ0) is 19.9. The number of nitrogens with two attached hydrogens (primary N) is 1. The molecule has 148 valence electrons. The molecule has 0 spiro atoms. The predicted molar refractivity (Wildman–Crippen MR) is 106 cm³/mol. The van der Waals surface area contributed by atoms with E-state index in [1.54, 1.807) is 24.3 Å². The molecule has 0 unspecified atom stereocenters. The summed E-state index contributed by atoms with van der Waals surface area (Å²) in [5, 5.41) is 2.78. The number of hydrogen-bond donors (Lipinski definition) is 2. The van der Waals surface area contributed by atoms with Crippen molar-refractivity contribution < 1.29 is 14.0 Å². The van der Waals surface area contributed by atoms with Crippen molar-refractivity contribution in [3.05, 3.63) is 65.5 Å². The first-order valence-corrected chi connectivity index (χ1v) is 9.42. The number of anilines is 1. The summed E-state index contributed by atoms with van der Waals surface area (Å²) >= 11 is 0. The summed E-state index contributed by atoms with van der Waals surface area (Å²) in [6.07, 6.45) is 0.267. The van der Waals surface area contributed by atoms with E-state index in [0.717, 1.165) is 11.3 Å². The van der Waals surface area contributed by atoms with E-state index in [9.17, 15) is 14.0 Å². The molecule has 1 aliphatic rings. The summed E-state index contributed by atoms with van der Waals surface area (Å²) in [7, 11) is 0. The smallest absolute Gasteiger partial charge is 0.251 e. The van der Waals surface area contributed by atoms with Crippen LogP contribution in [0.15, 0.2) is 48.5 Å². The highest BCUT2D eigenvalue weighted by atomic mass is 19.1. The minimum absolute atomic E-state index is 0.0255. The lowest BCUT2D eigenvalue weighted by molar-refractivity contribution is -0.131. The molecule has 1 fully saturated rings. The molecule has 0 aliphatic carbocycles. The van der Waals surface area contributed by atoms with Gasteiger partial charge in [0.2, 0.25) is 5.91 Å². The van der Waals surface area contributed by atoms with Gasteiger partial charge in [-0.05, 0) is 42.0 Å². The normalized spacial score (nSPS) is 14.1. The first kappa shape index (κ1) is 19.8. The summed E-state index contributed by atoms with van der Waals surface area (Å²) in [4.78, 5) is 28.4. The van der Waals surface area contributed by atoms with Crippen LogP contribution in [-0.2, 0) is 11.3 Å². The Balaban J connectivity index is 1.40. The average molecular weight is 384 g/mol. The molecule has 7 heteroatoms. The second-order valence-corrected chi connectivity index (χ2v) is 6.75. The maximum atomic E-state index is 13.0. The zero-order valence-corrected chi connectivity index (χ0v) is 15.7. The SMILES string of the molecule is NCc1ccc(C(=O)NCCC(=O)N2CCN(c3ccc(F)cc3)CC2)cc1. The van der Waals surface area contributed by atoms with Crippen LogP contribution >= 0.6 is 0 Å². The fraction of sp³-hybridized carbons (Fsp3) is 0.333. The third-order valence-electron chi connectivity index (χ3n) is 4.90. The van der Waals surface area contributed by atoms with Gasteiger partial charge < -0.3 is 20.9 Å². The monoisotopic (exact) mass is 384 g/mol. The number of halogens is 1. The number of rotatable bonds is 6. The molecule has 0 aromatic heterocycles. The van der Waals surface area contributed by atoms with Crippen LogP contribution in [0.4, 0.5) is 10.1 Å². The Hall–Kier alpha value is -2.93. The molecule has 6 nitrogen and oxygen atoms in total. The molecular formula is C21H25FN4O2. The third-order valence-corrected chi connectivity index (χ3v) is 4.90. The van der Waals surface area contributed by atoms with Crippen molar-refractivity contribution in [1.82, 2.24) is 10.2 Å². The van der Waals surface area contributed by atoms with Crippen LogP contribution < -0.4 is 16.0 Å². The molecular weight excluding hydrogens is 359 g/mol. The lowest BCUT2D eigenvalue weighted by Crippen LogP contribution is -2.49. The Morgan fingerprint density at radius 3 is 2.21 bits per heavy atom. The molecule has 28 heavy (non-hydrogen) atoms. The van der Waals surface area contributed by atoms with Gasteiger partial charge in [0.05, 0.1) is 0 Å². The molecule has 0 bridgehead atoms. The molecule has 0 saturated carbocycles. The predicted octanol–water partition coefficient (Wildman–Crippen LogP) is 1.75. The van der Waals surface area contributed by atoms with E-state index < -0.39 is 0 Å². The maximum Gasteiger partial charge on any atom is 0.251 e. The number of carbonyl (C=O) groups excluding carboxylic acids is 2. The highest BCUT2D eigenvalue weighted by Crippen LogP contribution is 2.17. The van der Waals surface area contributed by atoms with Gasteiger partial charge in [0.15, 0.2) is 0 Å². The first-order valence-electron chi connectivity index (χ1n) is 9.42. The summed E-state index contributed by atoms with van der Waals surface area (Å²) in [5.41, 5.74) is 8.02. The fourth-order valence-electron chi connectivity index (χ4n) is 3.20. The van der Waals surface area contributed by atoms with E-state index in [-0.39, 0.29) is 24.1 Å². The van der Waals surface area contributed by atoms with Crippen molar-refractivity contribution in [3.63, 3.8) is 0 Å². The van der Waals surface area contributed by atoms with Gasteiger partial charge in [-0.1, -0.05) is 12.1 Å². The van der Waals surface area contributed by atoms with Gasteiger partial charge >= 0.3 is 0 Å². The van der Waals surface area contributed by atoms with E-state index >= 15 is 0 Å². The minimum atomic E-state index is -0.255. The standard InChI is InChI=1S/C21H25FN4O2/c22-18-5-7-19(8-6-18)25-11-13-26(14-12-25)20(27)9-10-24-21(28)17-3-1-16(15-23)2-4-17/h1-8H,9-15,23H2,(H,24,28). The largest absolute Gasteiger partial charge is 0.368 e. The van der Waals surface area contributed by atoms with Gasteiger partial charge in [-0.25, -0.2) is 4.39 Å². The van der Waals surface area contributed by atoms with E-state index in [2.05, 4.69) is 10.2 Å². The van der Waals surface area contributed by atoms with Gasteiger partial charge in [0.25, 0.3) is 5.91 Å². The Kier molecular flexibility index (Phi) is 6.60. The number of carbonyl (C=O) groups is 2. The second kappa shape index (κ2) is 9.32. The van der Waals surface area contributed by atoms with Crippen molar-refractivity contribution in [2.45, 2.75) is 13.0 Å². The second-order valence-electron chi connectivity index (χ2n) is 6.75. The molecule has 2 aromatic rings. The van der Waals surface area contributed by atoms with Crippen molar-refractivity contribution in [2.24, 2.45) is 5.73 Å². The molecule has 1 heterocycles. The number of hydrogen-bond acceptors (Lipinski definition) is 4. The van der Waals surface area contributed by atoms with Gasteiger partial charge in [-0.15, -0.1) is 0 Å². The summed E-state index contributed by atoms with van der Waals surface area (Å²) in [5.74, 6) is -0.426. The molecule has 0 atom stereocenters. The van der Waals surface area contributed by atoms with Crippen molar-refractivity contribution in [1.29, 1.82) is 0 Å². The van der Waals surface area contributed by atoms with E-state index in [4.69, 9.17) is 5.73 Å². The van der Waals surface area contributed by atoms with Crippen molar-refractivity contribution >= 4 is 17.5 Å². The van der Waals surface area contributed by atoms with Crippen LogP contribution in [0.5, 0.6) is 0 Å². The molecule has 1 aliphatic heterocycles. The Labute approximate surface area is 164 Å². The van der Waals surface area contributed by atoms with Crippen LogP contribution in [0, 0.1) is 5.82 Å². The Morgan fingerprint density at radius 2 is 1.61 bits per heavy atom. The van der Waals surface area contributed by atoms with Crippen LogP contribution in [-0.4, -0.2) is 49.4 Å². The van der Waals surface area contributed by atoms with Crippen LogP contribution in [0.1, 0.15) is 22.3 Å². The molecule has 2 amide bonds. The summed E-state index contributed by atoms with van der Waals surface area (Å²) in [6.45, 7) is 3.38. The zero-order valence-electron chi connectivity index (χ0n) is 15.7. The number of benzene rings is 2. The molecule has 3 N–H and O–H groups in total. The quantitative estimate of drug-likeness (QED) is 0.795. The number of nitrogens with zero attached hydrogens (tertiary/aromatic N) is 2. The maximum absolute atomic E-state index is 13.0. The van der Waals surface area contributed by atoms with Gasteiger partial charge in [0, 0.05) is 56.9 Å². The van der Waals surface area contributed by atoms with E-state index in [1.165, 1.54) is 12.1 Å². The average Bonchev–Trinajstić information content (AvgIpc) is 2.74. The lowest BCUT2D eigenvalue weighted by Gasteiger charge is -2.36. The van der Waals surface area contributed by atoms with Gasteiger partial charge in [-0.2, -0.15) is 0 Å². The Morgan fingerprint density at radius 1 is 0.964 bits per heavy atom. The number of piperazine rings is 1. The van der Waals surface area contributed by atoms with Crippen molar-refractivity contribution in [3.8, 4) is 0 Å². The third kappa shape index (κ3) is 5.07. The molecule has 0 radical (unpaired) electrons. The highest BCUT2D eigenvalue weighted by Gasteiger charge is 2.21.